The molecule has 0 saturated carbocycles. The lowest BCUT2D eigenvalue weighted by Crippen LogP contribution is -2.30. The molecular formula is C27H26S. The van der Waals surface area contributed by atoms with Crippen molar-refractivity contribution in [3.8, 4) is 0 Å². The third kappa shape index (κ3) is 2.65. The van der Waals surface area contributed by atoms with Crippen LogP contribution in [0.2, 0.25) is 0 Å². The van der Waals surface area contributed by atoms with Gasteiger partial charge in [0.15, 0.2) is 0 Å². The van der Waals surface area contributed by atoms with Crippen molar-refractivity contribution in [3.63, 3.8) is 0 Å². The first-order valence-corrected chi connectivity index (χ1v) is 10.6. The van der Waals surface area contributed by atoms with Crippen LogP contribution in [0, 0.1) is 6.92 Å². The molecular weight excluding hydrogens is 356 g/mol. The number of hydrogen-bond acceptors (Lipinski definition) is 1. The van der Waals surface area contributed by atoms with Gasteiger partial charge in [-0.3, -0.25) is 0 Å². The van der Waals surface area contributed by atoms with Crippen molar-refractivity contribution in [3.05, 3.63) is 87.4 Å². The molecule has 140 valence electrons. The summed E-state index contributed by atoms with van der Waals surface area (Å²) in [6.45, 7) is 17.6. The number of benzene rings is 2. The highest BCUT2D eigenvalue weighted by Crippen LogP contribution is 2.39. The molecule has 1 aromatic heterocycles. The van der Waals surface area contributed by atoms with Gasteiger partial charge in [-0.25, -0.2) is 0 Å². The molecule has 1 heterocycles. The van der Waals surface area contributed by atoms with Gasteiger partial charge in [-0.2, -0.15) is 0 Å². The zero-order valence-corrected chi connectivity index (χ0v) is 18.0. The smallest absolute Gasteiger partial charge is 0.0443 e. The molecule has 1 aliphatic rings. The highest BCUT2D eigenvalue weighted by molar-refractivity contribution is 7.25. The normalized spacial score (nSPS) is 17.4. The fourth-order valence-corrected chi connectivity index (χ4v) is 5.83. The maximum absolute atomic E-state index is 4.57. The van der Waals surface area contributed by atoms with Gasteiger partial charge in [-0.05, 0) is 73.2 Å². The van der Waals surface area contributed by atoms with E-state index >= 15 is 0 Å². The highest BCUT2D eigenvalue weighted by atomic mass is 32.1. The van der Waals surface area contributed by atoms with Crippen LogP contribution in [-0.2, 0) is 0 Å². The molecule has 28 heavy (non-hydrogen) atoms. The SMILES string of the molecule is C=C1CC(C)=C(/C=C\C)/C1=c1/c(=C)c(/C=C\C)c(C)c2c1sc1ccccc12. The first kappa shape index (κ1) is 18.7. The van der Waals surface area contributed by atoms with Crippen molar-refractivity contribution in [2.75, 3.05) is 0 Å². The Morgan fingerprint density at radius 1 is 1.00 bits per heavy atom. The van der Waals surface area contributed by atoms with Crippen LogP contribution in [0.1, 0.15) is 38.3 Å². The van der Waals surface area contributed by atoms with E-state index in [4.69, 9.17) is 0 Å². The first-order valence-electron chi connectivity index (χ1n) is 9.80. The number of rotatable bonds is 2. The van der Waals surface area contributed by atoms with E-state index in [1.807, 2.05) is 11.3 Å². The summed E-state index contributed by atoms with van der Waals surface area (Å²) >= 11 is 1.88. The lowest BCUT2D eigenvalue weighted by molar-refractivity contribution is 1.21. The molecule has 0 radical (unpaired) electrons. The third-order valence-corrected chi connectivity index (χ3v) is 6.89. The summed E-state index contributed by atoms with van der Waals surface area (Å²) in [6.07, 6.45) is 9.62. The van der Waals surface area contributed by atoms with Crippen molar-refractivity contribution in [2.45, 2.75) is 34.1 Å². The minimum atomic E-state index is 0.938. The van der Waals surface area contributed by atoms with Gasteiger partial charge in [0, 0.05) is 25.4 Å². The summed E-state index contributed by atoms with van der Waals surface area (Å²) in [5, 5.41) is 5.08. The predicted molar refractivity (Wildman–Crippen MR) is 128 cm³/mol. The van der Waals surface area contributed by atoms with Crippen molar-refractivity contribution in [2.24, 2.45) is 0 Å². The number of fused-ring (bicyclic) bond motifs is 3. The molecule has 0 unspecified atom stereocenters. The highest BCUT2D eigenvalue weighted by Gasteiger charge is 2.22. The van der Waals surface area contributed by atoms with Crippen LogP contribution in [0.15, 0.2) is 65.8 Å². The Bertz CT molecular complexity index is 1340. The number of hydrogen-bond donors (Lipinski definition) is 0. The van der Waals surface area contributed by atoms with E-state index in [1.165, 1.54) is 58.8 Å². The van der Waals surface area contributed by atoms with Crippen molar-refractivity contribution in [1.29, 1.82) is 0 Å². The van der Waals surface area contributed by atoms with Crippen LogP contribution >= 0.6 is 11.3 Å². The monoisotopic (exact) mass is 382 g/mol. The standard InChI is InChI=1S/C27H26S/c1-7-11-20-16(3)15-17(4)24(20)26-19(6)21(12-8-2)18(5)25-22-13-9-10-14-23(22)28-27(25)26/h7-14H,4,6,15H2,1-3,5H3/b11-7-,12-8-,26-24-. The molecule has 0 bridgehead atoms. The molecule has 0 spiro atoms. The summed E-state index contributed by atoms with van der Waals surface area (Å²) in [5.41, 5.74) is 7.73. The zero-order chi connectivity index (χ0) is 20.0. The van der Waals surface area contributed by atoms with Crippen LogP contribution in [0.4, 0.5) is 0 Å². The Kier molecular flexibility index (Phi) is 4.72. The Labute approximate surface area is 171 Å². The predicted octanol–water partition coefficient (Wildman–Crippen LogP) is 6.81. The molecule has 1 heteroatoms. The van der Waals surface area contributed by atoms with E-state index in [0.717, 1.165) is 11.6 Å². The molecule has 4 rings (SSSR count). The molecule has 0 nitrogen and oxygen atoms in total. The summed E-state index contributed by atoms with van der Waals surface area (Å²) in [5.74, 6) is 0. The fourth-order valence-electron chi connectivity index (χ4n) is 4.49. The maximum Gasteiger partial charge on any atom is 0.0443 e. The Balaban J connectivity index is 2.37. The van der Waals surface area contributed by atoms with E-state index in [9.17, 15) is 0 Å². The van der Waals surface area contributed by atoms with Crippen LogP contribution in [0.25, 0.3) is 38.4 Å². The van der Waals surface area contributed by atoms with Crippen LogP contribution in [0.3, 0.4) is 0 Å². The molecule has 3 aromatic rings. The largest absolute Gasteiger partial charge is 0.134 e. The molecule has 0 aliphatic heterocycles. The van der Waals surface area contributed by atoms with E-state index in [2.05, 4.69) is 89.4 Å². The molecule has 0 N–H and O–H groups in total. The third-order valence-electron chi connectivity index (χ3n) is 5.71. The van der Waals surface area contributed by atoms with Gasteiger partial charge in [-0.15, -0.1) is 11.3 Å². The van der Waals surface area contributed by atoms with Gasteiger partial charge >= 0.3 is 0 Å². The van der Waals surface area contributed by atoms with E-state index < -0.39 is 0 Å². The molecule has 0 amide bonds. The van der Waals surface area contributed by atoms with Crippen molar-refractivity contribution in [1.82, 2.24) is 0 Å². The summed E-state index contributed by atoms with van der Waals surface area (Å²) in [4.78, 5) is 0. The fraction of sp³-hybridized carbons (Fsp3) is 0.185. The minimum absolute atomic E-state index is 0.938. The second kappa shape index (κ2) is 7.07. The van der Waals surface area contributed by atoms with Gasteiger partial charge < -0.3 is 0 Å². The summed E-state index contributed by atoms with van der Waals surface area (Å²) in [7, 11) is 0. The molecule has 0 saturated heterocycles. The minimum Gasteiger partial charge on any atom is -0.134 e. The van der Waals surface area contributed by atoms with Crippen molar-refractivity contribution >= 4 is 49.7 Å². The molecule has 0 atom stereocenters. The van der Waals surface area contributed by atoms with Crippen molar-refractivity contribution < 1.29 is 0 Å². The second-order valence-electron chi connectivity index (χ2n) is 7.54. The number of aryl methyl sites for hydroxylation is 1. The van der Waals surface area contributed by atoms with Gasteiger partial charge in [-0.1, -0.05) is 61.2 Å². The lowest BCUT2D eigenvalue weighted by atomic mass is 9.93. The second-order valence-corrected chi connectivity index (χ2v) is 8.60. The topological polar surface area (TPSA) is 0 Å². The lowest BCUT2D eigenvalue weighted by Gasteiger charge is -2.11. The average Bonchev–Trinajstić information content (AvgIpc) is 3.18. The average molecular weight is 383 g/mol. The molecule has 2 aromatic carbocycles. The van der Waals surface area contributed by atoms with E-state index in [-0.39, 0.29) is 0 Å². The van der Waals surface area contributed by atoms with Crippen LogP contribution in [-0.4, -0.2) is 0 Å². The summed E-state index contributed by atoms with van der Waals surface area (Å²) in [6, 6.07) is 8.73. The maximum atomic E-state index is 4.57. The Hall–Kier alpha value is -2.64. The van der Waals surface area contributed by atoms with E-state index in [0.29, 0.717) is 0 Å². The quantitative estimate of drug-likeness (QED) is 0.457. The number of allylic oxidation sites excluding steroid dienone is 6. The number of thiophene rings is 1. The van der Waals surface area contributed by atoms with Gasteiger partial charge in [0.1, 0.15) is 0 Å². The Morgan fingerprint density at radius 3 is 2.43 bits per heavy atom. The van der Waals surface area contributed by atoms with Gasteiger partial charge in [0.2, 0.25) is 0 Å². The summed E-state index contributed by atoms with van der Waals surface area (Å²) < 4.78 is 2.67. The van der Waals surface area contributed by atoms with Gasteiger partial charge in [0.25, 0.3) is 0 Å². The first-order chi connectivity index (χ1) is 13.5. The Morgan fingerprint density at radius 2 is 1.71 bits per heavy atom. The molecule has 1 aliphatic carbocycles. The zero-order valence-electron chi connectivity index (χ0n) is 17.1. The van der Waals surface area contributed by atoms with Crippen LogP contribution < -0.4 is 10.4 Å². The van der Waals surface area contributed by atoms with Crippen LogP contribution in [0.5, 0.6) is 0 Å². The van der Waals surface area contributed by atoms with Gasteiger partial charge in [0.05, 0.1) is 0 Å². The van der Waals surface area contributed by atoms with E-state index in [1.54, 1.807) is 0 Å². The molecule has 0 fully saturated rings.